The van der Waals surface area contributed by atoms with Crippen molar-refractivity contribution in [2.75, 3.05) is 6.61 Å². The van der Waals surface area contributed by atoms with Crippen LogP contribution in [0.1, 0.15) is 52.3 Å². The van der Waals surface area contributed by atoms with E-state index in [0.717, 1.165) is 0 Å². The number of nitrogens with zero attached hydrogens (tertiary/aromatic N) is 2. The van der Waals surface area contributed by atoms with Gasteiger partial charge in [-0.3, -0.25) is 9.89 Å². The van der Waals surface area contributed by atoms with Gasteiger partial charge in [0.1, 0.15) is 17.8 Å². The molecule has 0 saturated carbocycles. The summed E-state index contributed by atoms with van der Waals surface area (Å²) in [5.74, 6) is 0.384. The van der Waals surface area contributed by atoms with Crippen LogP contribution in [0.5, 0.6) is 0 Å². The molecule has 1 aromatic heterocycles. The summed E-state index contributed by atoms with van der Waals surface area (Å²) < 4.78 is 9.96. The van der Waals surface area contributed by atoms with Crippen molar-refractivity contribution in [3.05, 3.63) is 11.6 Å². The second kappa shape index (κ2) is 7.05. The first-order chi connectivity index (χ1) is 9.71. The minimum absolute atomic E-state index is 0.0139. The first-order valence-electron chi connectivity index (χ1n) is 6.77. The summed E-state index contributed by atoms with van der Waals surface area (Å²) in [5, 5.41) is 9.23. The highest BCUT2D eigenvalue weighted by atomic mass is 16.6. The van der Waals surface area contributed by atoms with Gasteiger partial charge in [-0.15, -0.1) is 0 Å². The van der Waals surface area contributed by atoms with Crippen LogP contribution in [-0.4, -0.2) is 39.5 Å². The van der Waals surface area contributed by atoms with Gasteiger partial charge in [-0.25, -0.2) is 9.78 Å². The molecule has 1 heterocycles. The van der Waals surface area contributed by atoms with Crippen molar-refractivity contribution in [1.82, 2.24) is 20.5 Å². The Kier molecular flexibility index (Phi) is 5.69. The average molecular weight is 298 g/mol. The molecule has 1 aromatic rings. The Morgan fingerprint density at radius 3 is 2.62 bits per heavy atom. The Labute approximate surface area is 123 Å². The summed E-state index contributed by atoms with van der Waals surface area (Å²) in [6.07, 6.45) is -0.535. The Bertz CT molecular complexity index is 493. The van der Waals surface area contributed by atoms with Crippen LogP contribution in [0.4, 0.5) is 4.79 Å². The van der Waals surface area contributed by atoms with E-state index in [1.165, 1.54) is 0 Å². The Hall–Kier alpha value is -2.12. The number of carbonyl (C=O) groups excluding carboxylic acids is 2. The molecule has 21 heavy (non-hydrogen) atoms. The van der Waals surface area contributed by atoms with Crippen LogP contribution in [-0.2, 0) is 20.7 Å². The molecule has 8 heteroatoms. The van der Waals surface area contributed by atoms with E-state index in [1.54, 1.807) is 34.6 Å². The number of amides is 1. The third-order valence-corrected chi connectivity index (χ3v) is 2.29. The molecule has 0 saturated heterocycles. The van der Waals surface area contributed by atoms with E-state index in [4.69, 9.17) is 9.47 Å². The maximum absolute atomic E-state index is 11.6. The van der Waals surface area contributed by atoms with Crippen LogP contribution in [0, 0.1) is 0 Å². The van der Waals surface area contributed by atoms with Gasteiger partial charge in [0.2, 0.25) is 0 Å². The molecule has 0 fully saturated rings. The Morgan fingerprint density at radius 2 is 2.05 bits per heavy atom. The fourth-order valence-electron chi connectivity index (χ4n) is 1.48. The fraction of sp³-hybridized carbons (Fsp3) is 0.692. The lowest BCUT2D eigenvalue weighted by molar-refractivity contribution is -0.142. The molecule has 0 radical (unpaired) electrons. The lowest BCUT2D eigenvalue weighted by Crippen LogP contribution is -2.34. The molecular weight excluding hydrogens is 276 g/mol. The fourth-order valence-corrected chi connectivity index (χ4v) is 1.48. The first-order valence-corrected chi connectivity index (χ1v) is 6.77. The standard InChI is InChI=1S/C13H22N4O4/c1-6-20-10(18)7-9-15-11(17-16-9)8(2)14-12(19)21-13(3,4)5/h8H,6-7H2,1-5H3,(H,14,19)(H,15,16,17)/t8-/m1/s1. The zero-order chi connectivity index (χ0) is 16.0. The first kappa shape index (κ1) is 16.9. The van der Waals surface area contributed by atoms with Crippen LogP contribution in [0.15, 0.2) is 0 Å². The van der Waals surface area contributed by atoms with Crippen LogP contribution in [0.2, 0.25) is 0 Å². The van der Waals surface area contributed by atoms with Crippen LogP contribution >= 0.6 is 0 Å². The van der Waals surface area contributed by atoms with E-state index in [-0.39, 0.29) is 12.4 Å². The average Bonchev–Trinajstić information content (AvgIpc) is 2.74. The Balaban J connectivity index is 2.55. The van der Waals surface area contributed by atoms with Gasteiger partial charge in [0.05, 0.1) is 12.6 Å². The van der Waals surface area contributed by atoms with E-state index < -0.39 is 17.7 Å². The Morgan fingerprint density at radius 1 is 1.38 bits per heavy atom. The summed E-state index contributed by atoms with van der Waals surface area (Å²) in [6.45, 7) is 9.11. The molecule has 2 N–H and O–H groups in total. The van der Waals surface area contributed by atoms with Crippen LogP contribution in [0.25, 0.3) is 0 Å². The summed E-state index contributed by atoms with van der Waals surface area (Å²) >= 11 is 0. The number of hydrogen-bond donors (Lipinski definition) is 2. The number of nitrogens with one attached hydrogen (secondary N) is 2. The molecule has 1 atom stereocenters. The summed E-state index contributed by atoms with van der Waals surface area (Å²) in [6, 6.07) is -0.438. The van der Waals surface area contributed by atoms with Gasteiger partial charge in [-0.2, -0.15) is 5.10 Å². The number of carbonyl (C=O) groups is 2. The van der Waals surface area contributed by atoms with Crippen molar-refractivity contribution in [2.24, 2.45) is 0 Å². The van der Waals surface area contributed by atoms with Crippen molar-refractivity contribution < 1.29 is 19.1 Å². The highest BCUT2D eigenvalue weighted by Gasteiger charge is 2.20. The van der Waals surface area contributed by atoms with E-state index in [9.17, 15) is 9.59 Å². The molecule has 0 aliphatic carbocycles. The molecule has 0 spiro atoms. The van der Waals surface area contributed by atoms with Crippen molar-refractivity contribution >= 4 is 12.1 Å². The summed E-state index contributed by atoms with van der Waals surface area (Å²) in [5.41, 5.74) is -0.572. The van der Waals surface area contributed by atoms with Crippen LogP contribution < -0.4 is 5.32 Å². The van der Waals surface area contributed by atoms with E-state index >= 15 is 0 Å². The maximum atomic E-state index is 11.6. The van der Waals surface area contributed by atoms with Crippen LogP contribution in [0.3, 0.4) is 0 Å². The molecule has 0 unspecified atom stereocenters. The number of aromatic amines is 1. The summed E-state index contributed by atoms with van der Waals surface area (Å²) in [7, 11) is 0. The lowest BCUT2D eigenvalue weighted by atomic mass is 10.2. The molecule has 8 nitrogen and oxygen atoms in total. The minimum Gasteiger partial charge on any atom is -0.466 e. The molecule has 0 bridgehead atoms. The third kappa shape index (κ3) is 6.24. The molecular formula is C13H22N4O4. The number of esters is 1. The monoisotopic (exact) mass is 298 g/mol. The molecule has 0 aromatic carbocycles. The molecule has 0 aliphatic rings. The number of alkyl carbamates (subject to hydrolysis) is 1. The summed E-state index contributed by atoms with van der Waals surface area (Å²) in [4.78, 5) is 27.1. The van der Waals surface area contributed by atoms with E-state index in [0.29, 0.717) is 18.3 Å². The van der Waals surface area contributed by atoms with E-state index in [2.05, 4.69) is 20.5 Å². The van der Waals surface area contributed by atoms with Gasteiger partial charge in [0.15, 0.2) is 5.82 Å². The van der Waals surface area contributed by atoms with Gasteiger partial charge < -0.3 is 14.8 Å². The lowest BCUT2D eigenvalue weighted by Gasteiger charge is -2.21. The third-order valence-electron chi connectivity index (χ3n) is 2.29. The number of rotatable bonds is 5. The van der Waals surface area contributed by atoms with Gasteiger partial charge in [-0.05, 0) is 34.6 Å². The van der Waals surface area contributed by atoms with Crippen molar-refractivity contribution in [2.45, 2.75) is 52.7 Å². The van der Waals surface area contributed by atoms with Gasteiger partial charge >= 0.3 is 12.1 Å². The highest BCUT2D eigenvalue weighted by molar-refractivity contribution is 5.71. The zero-order valence-electron chi connectivity index (χ0n) is 13.0. The van der Waals surface area contributed by atoms with Crippen molar-refractivity contribution in [3.8, 4) is 0 Å². The van der Waals surface area contributed by atoms with Gasteiger partial charge in [-0.1, -0.05) is 0 Å². The second-order valence-electron chi connectivity index (χ2n) is 5.49. The predicted molar refractivity (Wildman–Crippen MR) is 74.5 cm³/mol. The maximum Gasteiger partial charge on any atom is 0.408 e. The molecule has 118 valence electrons. The number of ether oxygens (including phenoxy) is 2. The SMILES string of the molecule is CCOC(=O)Cc1nc([C@@H](C)NC(=O)OC(C)(C)C)n[nH]1. The smallest absolute Gasteiger partial charge is 0.408 e. The largest absolute Gasteiger partial charge is 0.466 e. The normalized spacial score (nSPS) is 12.6. The topological polar surface area (TPSA) is 106 Å². The molecule has 0 aliphatic heterocycles. The number of H-pyrrole nitrogens is 1. The minimum atomic E-state index is -0.572. The predicted octanol–water partition coefficient (Wildman–Crippen LogP) is 1.50. The van der Waals surface area contributed by atoms with Gasteiger partial charge in [0, 0.05) is 0 Å². The van der Waals surface area contributed by atoms with E-state index in [1.807, 2.05) is 0 Å². The zero-order valence-corrected chi connectivity index (χ0v) is 13.0. The van der Waals surface area contributed by atoms with Crippen molar-refractivity contribution in [3.63, 3.8) is 0 Å². The second-order valence-corrected chi connectivity index (χ2v) is 5.49. The van der Waals surface area contributed by atoms with Gasteiger partial charge in [0.25, 0.3) is 0 Å². The number of hydrogen-bond acceptors (Lipinski definition) is 6. The molecule has 1 amide bonds. The number of aromatic nitrogens is 3. The molecule has 1 rings (SSSR count). The highest BCUT2D eigenvalue weighted by Crippen LogP contribution is 2.11. The quantitative estimate of drug-likeness (QED) is 0.798. The van der Waals surface area contributed by atoms with Crippen molar-refractivity contribution in [1.29, 1.82) is 0 Å².